The Bertz CT molecular complexity index is 745. The second kappa shape index (κ2) is 6.17. The molecule has 1 aromatic heterocycles. The number of fused-ring (bicyclic) bond motifs is 2. The number of hydrogen-bond acceptors (Lipinski definition) is 4. The molecule has 122 valence electrons. The molecule has 5 heteroatoms. The highest BCUT2D eigenvalue weighted by Gasteiger charge is 2.48. The summed E-state index contributed by atoms with van der Waals surface area (Å²) in [7, 11) is 0. The van der Waals surface area contributed by atoms with E-state index < -0.39 is 0 Å². The van der Waals surface area contributed by atoms with Crippen molar-refractivity contribution in [1.82, 2.24) is 20.2 Å². The highest BCUT2D eigenvalue weighted by molar-refractivity contribution is 5.92. The number of carbonyl (C=O) groups is 1. The number of piperidine rings is 1. The van der Waals surface area contributed by atoms with Crippen molar-refractivity contribution in [3.8, 4) is 0 Å². The van der Waals surface area contributed by atoms with Crippen LogP contribution in [0, 0.1) is 0 Å². The van der Waals surface area contributed by atoms with E-state index in [0.29, 0.717) is 36.8 Å². The standard InChI is InChI=1S/C19H20N4O/c1-2-3-13-4-6-14(7-5-13)18-16-11-23(12-17(18)22-16)19(24)15-10-20-8-9-21-15/h2-10,16-18,22H,11-12H2,1H3/b3-2+/t16-,17+,18?. The molecule has 0 radical (unpaired) electrons. The Morgan fingerprint density at radius 1 is 1.21 bits per heavy atom. The first-order chi connectivity index (χ1) is 11.8. The van der Waals surface area contributed by atoms with Crippen LogP contribution in [0.4, 0.5) is 0 Å². The number of nitrogens with one attached hydrogen (secondary N) is 1. The van der Waals surface area contributed by atoms with Crippen molar-refractivity contribution in [2.75, 3.05) is 13.1 Å². The lowest BCUT2D eigenvalue weighted by molar-refractivity contribution is 0.0362. The molecule has 3 atom stereocenters. The molecule has 1 amide bonds. The third-order valence-corrected chi connectivity index (χ3v) is 4.88. The van der Waals surface area contributed by atoms with Crippen molar-refractivity contribution in [3.05, 3.63) is 65.8 Å². The minimum absolute atomic E-state index is 0.0264. The zero-order valence-electron chi connectivity index (χ0n) is 13.6. The van der Waals surface area contributed by atoms with Gasteiger partial charge in [-0.2, -0.15) is 0 Å². The molecule has 3 aliphatic rings. The van der Waals surface area contributed by atoms with Crippen LogP contribution in [-0.2, 0) is 0 Å². The van der Waals surface area contributed by atoms with E-state index in [4.69, 9.17) is 0 Å². The second-order valence-corrected chi connectivity index (χ2v) is 6.37. The Morgan fingerprint density at radius 2 is 1.96 bits per heavy atom. The van der Waals surface area contributed by atoms with Crippen LogP contribution in [-0.4, -0.2) is 45.9 Å². The molecule has 5 rings (SSSR count). The predicted octanol–water partition coefficient (Wildman–Crippen LogP) is 2.09. The predicted molar refractivity (Wildman–Crippen MR) is 92.5 cm³/mol. The van der Waals surface area contributed by atoms with Gasteiger partial charge in [-0.15, -0.1) is 0 Å². The Labute approximate surface area is 141 Å². The van der Waals surface area contributed by atoms with Gasteiger partial charge in [0.15, 0.2) is 0 Å². The van der Waals surface area contributed by atoms with Crippen molar-refractivity contribution in [2.24, 2.45) is 0 Å². The molecule has 24 heavy (non-hydrogen) atoms. The number of benzene rings is 1. The molecule has 3 saturated heterocycles. The number of amides is 1. The molecule has 1 aromatic carbocycles. The van der Waals surface area contributed by atoms with E-state index in [0.717, 1.165) is 0 Å². The van der Waals surface area contributed by atoms with Gasteiger partial charge in [0.2, 0.25) is 0 Å². The monoisotopic (exact) mass is 320 g/mol. The molecule has 4 heterocycles. The van der Waals surface area contributed by atoms with Gasteiger partial charge >= 0.3 is 0 Å². The summed E-state index contributed by atoms with van der Waals surface area (Å²) in [5, 5.41) is 3.56. The van der Waals surface area contributed by atoms with Crippen LogP contribution in [0.3, 0.4) is 0 Å². The number of piperazine rings is 1. The average Bonchev–Trinajstić information content (AvgIpc) is 2.63. The summed E-state index contributed by atoms with van der Waals surface area (Å²) in [4.78, 5) is 22.5. The third-order valence-electron chi connectivity index (χ3n) is 4.88. The average molecular weight is 320 g/mol. The Kier molecular flexibility index (Phi) is 3.86. The van der Waals surface area contributed by atoms with E-state index in [-0.39, 0.29) is 5.91 Å². The number of nitrogens with zero attached hydrogens (tertiary/aromatic N) is 3. The number of hydrogen-bond donors (Lipinski definition) is 1. The van der Waals surface area contributed by atoms with E-state index >= 15 is 0 Å². The summed E-state index contributed by atoms with van der Waals surface area (Å²) in [6.45, 7) is 3.46. The summed E-state index contributed by atoms with van der Waals surface area (Å²) in [6.07, 6.45) is 8.83. The molecule has 2 aromatic rings. The largest absolute Gasteiger partial charge is 0.334 e. The van der Waals surface area contributed by atoms with Crippen molar-refractivity contribution in [3.63, 3.8) is 0 Å². The van der Waals surface area contributed by atoms with Crippen LogP contribution in [0.1, 0.15) is 34.5 Å². The van der Waals surface area contributed by atoms with Crippen molar-refractivity contribution < 1.29 is 4.79 Å². The van der Waals surface area contributed by atoms with Crippen LogP contribution in [0.25, 0.3) is 6.08 Å². The third kappa shape index (κ3) is 2.61. The molecule has 1 unspecified atom stereocenters. The van der Waals surface area contributed by atoms with E-state index in [1.807, 2.05) is 17.9 Å². The van der Waals surface area contributed by atoms with Gasteiger partial charge < -0.3 is 10.2 Å². The summed E-state index contributed by atoms with van der Waals surface area (Å²) < 4.78 is 0. The zero-order valence-corrected chi connectivity index (χ0v) is 13.6. The lowest BCUT2D eigenvalue weighted by atomic mass is 9.74. The molecule has 5 nitrogen and oxygen atoms in total. The van der Waals surface area contributed by atoms with Gasteiger partial charge in [-0.1, -0.05) is 36.4 Å². The quantitative estimate of drug-likeness (QED) is 0.941. The minimum Gasteiger partial charge on any atom is -0.334 e. The van der Waals surface area contributed by atoms with Crippen LogP contribution in [0.15, 0.2) is 48.9 Å². The van der Waals surface area contributed by atoms with Crippen molar-refractivity contribution >= 4 is 12.0 Å². The van der Waals surface area contributed by atoms with Crippen LogP contribution < -0.4 is 5.32 Å². The second-order valence-electron chi connectivity index (χ2n) is 6.37. The topological polar surface area (TPSA) is 58.1 Å². The molecular formula is C19H20N4O. The number of aromatic nitrogens is 2. The summed E-state index contributed by atoms with van der Waals surface area (Å²) in [5.74, 6) is 0.456. The highest BCUT2D eigenvalue weighted by Crippen LogP contribution is 2.37. The first-order valence-corrected chi connectivity index (χ1v) is 8.30. The van der Waals surface area contributed by atoms with E-state index in [1.165, 1.54) is 17.3 Å². The first-order valence-electron chi connectivity index (χ1n) is 8.30. The number of allylic oxidation sites excluding steroid dienone is 1. The van der Waals surface area contributed by atoms with Gasteiger partial charge in [0.05, 0.1) is 6.20 Å². The van der Waals surface area contributed by atoms with E-state index in [1.54, 1.807) is 12.4 Å². The van der Waals surface area contributed by atoms with Gasteiger partial charge in [0.1, 0.15) is 5.69 Å². The molecule has 2 bridgehead atoms. The fraction of sp³-hybridized carbons (Fsp3) is 0.316. The summed E-state index contributed by atoms with van der Waals surface area (Å²) in [6, 6.07) is 9.37. The number of carbonyl (C=O) groups excluding carboxylic acids is 1. The molecule has 0 saturated carbocycles. The Morgan fingerprint density at radius 3 is 2.58 bits per heavy atom. The van der Waals surface area contributed by atoms with Gasteiger partial charge in [0.25, 0.3) is 5.91 Å². The maximum absolute atomic E-state index is 12.5. The van der Waals surface area contributed by atoms with Crippen molar-refractivity contribution in [2.45, 2.75) is 24.9 Å². The molecule has 0 spiro atoms. The smallest absolute Gasteiger partial charge is 0.274 e. The SMILES string of the molecule is C/C=C/c1ccc(C2[C@@H]3CN(C(=O)c4cnccn4)C[C@H]2N3)cc1. The fourth-order valence-corrected chi connectivity index (χ4v) is 3.75. The highest BCUT2D eigenvalue weighted by atomic mass is 16.2. The van der Waals surface area contributed by atoms with Gasteiger partial charge in [-0.3, -0.25) is 9.78 Å². The van der Waals surface area contributed by atoms with Crippen molar-refractivity contribution in [1.29, 1.82) is 0 Å². The normalized spacial score (nSPS) is 25.5. The van der Waals surface area contributed by atoms with Gasteiger partial charge in [-0.25, -0.2) is 4.98 Å². The lowest BCUT2D eigenvalue weighted by Crippen LogP contribution is -2.72. The van der Waals surface area contributed by atoms with E-state index in [9.17, 15) is 4.79 Å². The zero-order chi connectivity index (χ0) is 16.5. The maximum Gasteiger partial charge on any atom is 0.274 e. The Hall–Kier alpha value is -2.53. The summed E-state index contributed by atoms with van der Waals surface area (Å²) in [5.41, 5.74) is 2.99. The van der Waals surface area contributed by atoms with E-state index in [2.05, 4.69) is 45.6 Å². The maximum atomic E-state index is 12.5. The fourth-order valence-electron chi connectivity index (χ4n) is 3.75. The minimum atomic E-state index is -0.0264. The molecule has 3 aliphatic heterocycles. The summed E-state index contributed by atoms with van der Waals surface area (Å²) >= 11 is 0. The van der Waals surface area contributed by atoms with Crippen LogP contribution in [0.2, 0.25) is 0 Å². The molecule has 0 aliphatic carbocycles. The molecule has 3 fully saturated rings. The van der Waals surface area contributed by atoms with Gasteiger partial charge in [0, 0.05) is 43.5 Å². The van der Waals surface area contributed by atoms with Crippen LogP contribution >= 0.6 is 0 Å². The first kappa shape index (κ1) is 15.0. The molecule has 1 N–H and O–H groups in total. The van der Waals surface area contributed by atoms with Gasteiger partial charge in [-0.05, 0) is 18.1 Å². The molecular weight excluding hydrogens is 300 g/mol. The Balaban J connectivity index is 1.46. The van der Waals surface area contributed by atoms with Crippen LogP contribution in [0.5, 0.6) is 0 Å². The number of rotatable bonds is 3. The lowest BCUT2D eigenvalue weighted by Gasteiger charge is -2.54.